The third kappa shape index (κ3) is 4.54. The summed E-state index contributed by atoms with van der Waals surface area (Å²) in [4.78, 5) is 14.4. The van der Waals surface area contributed by atoms with Gasteiger partial charge in [0.2, 0.25) is 0 Å². The van der Waals surface area contributed by atoms with E-state index in [4.69, 9.17) is 4.74 Å². The summed E-state index contributed by atoms with van der Waals surface area (Å²) in [6.45, 7) is 1.31. The molecule has 0 saturated carbocycles. The first-order valence-corrected chi connectivity index (χ1v) is 8.28. The molecule has 2 aromatic rings. The van der Waals surface area contributed by atoms with E-state index in [2.05, 4.69) is 5.32 Å². The molecule has 0 unspecified atom stereocenters. The van der Waals surface area contributed by atoms with E-state index >= 15 is 0 Å². The van der Waals surface area contributed by atoms with Gasteiger partial charge in [-0.05, 0) is 43.2 Å². The second-order valence-corrected chi connectivity index (χ2v) is 6.00. The summed E-state index contributed by atoms with van der Waals surface area (Å²) >= 11 is 0. The lowest BCUT2D eigenvalue weighted by molar-refractivity contribution is 0.0457. The van der Waals surface area contributed by atoms with Crippen molar-refractivity contribution in [3.63, 3.8) is 0 Å². The third-order valence-corrected chi connectivity index (χ3v) is 4.29. The summed E-state index contributed by atoms with van der Waals surface area (Å²) < 4.78 is 32.4. The number of carbonyl (C=O) groups is 1. The molecule has 1 N–H and O–H groups in total. The zero-order valence-electron chi connectivity index (χ0n) is 13.8. The Bertz CT molecular complexity index is 716. The Hall–Kier alpha value is -2.47. The van der Waals surface area contributed by atoms with E-state index in [0.29, 0.717) is 37.3 Å². The van der Waals surface area contributed by atoms with Gasteiger partial charge in [-0.15, -0.1) is 0 Å². The molecule has 0 aliphatic carbocycles. The number of benzene rings is 2. The van der Waals surface area contributed by atoms with Crippen molar-refractivity contribution >= 4 is 11.7 Å². The minimum atomic E-state index is -0.370. The average molecular weight is 346 g/mol. The highest BCUT2D eigenvalue weighted by atomic mass is 19.1. The predicted octanol–water partition coefficient (Wildman–Crippen LogP) is 4.18. The van der Waals surface area contributed by atoms with Crippen LogP contribution in [0.15, 0.2) is 48.5 Å². The van der Waals surface area contributed by atoms with Gasteiger partial charge in [0.15, 0.2) is 0 Å². The number of nitrogens with one attached hydrogen (secondary N) is 1. The molecular formula is C19H20F2N2O2. The molecule has 3 rings (SSSR count). The van der Waals surface area contributed by atoms with Crippen LogP contribution in [-0.4, -0.2) is 30.2 Å². The van der Waals surface area contributed by atoms with Gasteiger partial charge in [0.1, 0.15) is 11.6 Å². The lowest BCUT2D eigenvalue weighted by Crippen LogP contribution is -2.45. The van der Waals surface area contributed by atoms with Gasteiger partial charge >= 0.3 is 6.03 Å². The fourth-order valence-corrected chi connectivity index (χ4v) is 2.90. The Kier molecular flexibility index (Phi) is 5.60. The van der Waals surface area contributed by atoms with E-state index in [1.807, 2.05) is 0 Å². The van der Waals surface area contributed by atoms with Crippen molar-refractivity contribution in [1.82, 2.24) is 4.90 Å². The van der Waals surface area contributed by atoms with Crippen molar-refractivity contribution in [2.45, 2.75) is 25.4 Å². The van der Waals surface area contributed by atoms with Crippen LogP contribution in [0, 0.1) is 11.6 Å². The fourth-order valence-electron chi connectivity index (χ4n) is 2.90. The fraction of sp³-hybridized carbons (Fsp3) is 0.316. The molecule has 1 aliphatic heterocycles. The van der Waals surface area contributed by atoms with Crippen LogP contribution in [0.1, 0.15) is 18.4 Å². The molecule has 0 aromatic heterocycles. The van der Waals surface area contributed by atoms with Gasteiger partial charge in [0.05, 0.1) is 6.54 Å². The number of urea groups is 1. The van der Waals surface area contributed by atoms with Gasteiger partial charge in [-0.25, -0.2) is 13.6 Å². The Balaban J connectivity index is 1.78. The molecule has 4 nitrogen and oxygen atoms in total. The minimum Gasteiger partial charge on any atom is -0.381 e. The number of amides is 2. The maximum atomic E-state index is 14.0. The smallest absolute Gasteiger partial charge is 0.322 e. The predicted molar refractivity (Wildman–Crippen MR) is 91.2 cm³/mol. The lowest BCUT2D eigenvalue weighted by Gasteiger charge is -2.34. The number of halogens is 2. The van der Waals surface area contributed by atoms with Gasteiger partial charge in [-0.2, -0.15) is 0 Å². The molecular weight excluding hydrogens is 326 g/mol. The molecule has 1 saturated heterocycles. The number of hydrogen-bond donors (Lipinski definition) is 1. The number of anilines is 1. The average Bonchev–Trinajstić information content (AvgIpc) is 2.63. The molecule has 132 valence electrons. The molecule has 0 atom stereocenters. The Labute approximate surface area is 145 Å². The second-order valence-electron chi connectivity index (χ2n) is 6.00. The van der Waals surface area contributed by atoms with Crippen molar-refractivity contribution in [3.05, 3.63) is 65.7 Å². The van der Waals surface area contributed by atoms with E-state index < -0.39 is 0 Å². The van der Waals surface area contributed by atoms with Crippen LogP contribution in [0.4, 0.5) is 19.3 Å². The molecule has 2 amide bonds. The highest BCUT2D eigenvalue weighted by molar-refractivity contribution is 5.89. The summed E-state index contributed by atoms with van der Waals surface area (Å²) in [7, 11) is 0. The highest BCUT2D eigenvalue weighted by Crippen LogP contribution is 2.20. The van der Waals surface area contributed by atoms with E-state index in [1.165, 1.54) is 30.3 Å². The summed E-state index contributed by atoms with van der Waals surface area (Å²) in [5.41, 5.74) is 0.959. The van der Waals surface area contributed by atoms with Crippen LogP contribution in [0.3, 0.4) is 0 Å². The summed E-state index contributed by atoms with van der Waals surface area (Å²) in [6, 6.07) is 11.6. The molecule has 1 aliphatic rings. The zero-order valence-corrected chi connectivity index (χ0v) is 13.8. The van der Waals surface area contributed by atoms with Crippen molar-refractivity contribution < 1.29 is 18.3 Å². The zero-order chi connectivity index (χ0) is 17.6. The van der Waals surface area contributed by atoms with E-state index in [0.717, 1.165) is 0 Å². The number of rotatable bonds is 4. The summed E-state index contributed by atoms with van der Waals surface area (Å²) in [6.07, 6.45) is 1.40. The van der Waals surface area contributed by atoms with Crippen LogP contribution in [0.25, 0.3) is 0 Å². The monoisotopic (exact) mass is 346 g/mol. The standard InChI is InChI=1S/C19H20F2N2O2/c20-15-5-7-16(8-6-15)22-19(24)23(17-9-11-25-12-10-17)13-14-3-1-2-4-18(14)21/h1-8,17H,9-13H2,(H,22,24). The Morgan fingerprint density at radius 2 is 1.76 bits per heavy atom. The van der Waals surface area contributed by atoms with Crippen molar-refractivity contribution in [1.29, 1.82) is 0 Å². The van der Waals surface area contributed by atoms with Gasteiger partial charge in [-0.3, -0.25) is 0 Å². The number of carbonyl (C=O) groups excluding carboxylic acids is 1. The number of ether oxygens (including phenoxy) is 1. The molecule has 2 aromatic carbocycles. The number of hydrogen-bond acceptors (Lipinski definition) is 2. The van der Waals surface area contributed by atoms with E-state index in [-0.39, 0.29) is 30.3 Å². The first-order chi connectivity index (χ1) is 12.1. The van der Waals surface area contributed by atoms with Gasteiger partial charge in [0.25, 0.3) is 0 Å². The molecule has 6 heteroatoms. The van der Waals surface area contributed by atoms with Crippen molar-refractivity contribution in [2.24, 2.45) is 0 Å². The Morgan fingerprint density at radius 3 is 2.44 bits per heavy atom. The highest BCUT2D eigenvalue weighted by Gasteiger charge is 2.26. The summed E-state index contributed by atoms with van der Waals surface area (Å²) in [5, 5.41) is 2.76. The summed E-state index contributed by atoms with van der Waals surface area (Å²) in [5.74, 6) is -0.709. The maximum Gasteiger partial charge on any atom is 0.322 e. The van der Waals surface area contributed by atoms with Gasteiger partial charge in [-0.1, -0.05) is 18.2 Å². The largest absolute Gasteiger partial charge is 0.381 e. The maximum absolute atomic E-state index is 14.0. The first kappa shape index (κ1) is 17.4. The molecule has 1 heterocycles. The molecule has 25 heavy (non-hydrogen) atoms. The molecule has 0 radical (unpaired) electrons. The van der Waals surface area contributed by atoms with Crippen LogP contribution in [-0.2, 0) is 11.3 Å². The topological polar surface area (TPSA) is 41.6 Å². The quantitative estimate of drug-likeness (QED) is 0.902. The molecule has 1 fully saturated rings. The van der Waals surface area contributed by atoms with Crippen LogP contribution >= 0.6 is 0 Å². The van der Waals surface area contributed by atoms with Crippen LogP contribution in [0.2, 0.25) is 0 Å². The lowest BCUT2D eigenvalue weighted by atomic mass is 10.1. The molecule has 0 bridgehead atoms. The van der Waals surface area contributed by atoms with E-state index in [1.54, 1.807) is 23.1 Å². The van der Waals surface area contributed by atoms with Gasteiger partial charge in [0, 0.05) is 30.5 Å². The normalized spacial score (nSPS) is 15.0. The Morgan fingerprint density at radius 1 is 1.08 bits per heavy atom. The van der Waals surface area contributed by atoms with Crippen LogP contribution < -0.4 is 5.32 Å². The van der Waals surface area contributed by atoms with Crippen molar-refractivity contribution in [3.8, 4) is 0 Å². The van der Waals surface area contributed by atoms with Gasteiger partial charge < -0.3 is 15.0 Å². The SMILES string of the molecule is O=C(Nc1ccc(F)cc1)N(Cc1ccccc1F)C1CCOCC1. The minimum absolute atomic E-state index is 0.0335. The second kappa shape index (κ2) is 8.07. The van der Waals surface area contributed by atoms with Crippen LogP contribution in [0.5, 0.6) is 0 Å². The van der Waals surface area contributed by atoms with E-state index in [9.17, 15) is 13.6 Å². The molecule has 0 spiro atoms. The first-order valence-electron chi connectivity index (χ1n) is 8.28. The third-order valence-electron chi connectivity index (χ3n) is 4.29. The van der Waals surface area contributed by atoms with Crippen molar-refractivity contribution in [2.75, 3.05) is 18.5 Å². The number of nitrogens with zero attached hydrogens (tertiary/aromatic N) is 1.